The molecule has 6 heteroatoms. The van der Waals surface area contributed by atoms with Gasteiger partial charge in [-0.25, -0.2) is 0 Å². The number of hydrogen-bond acceptors (Lipinski definition) is 5. The quantitative estimate of drug-likeness (QED) is 0.747. The number of hydrogen-bond donors (Lipinski definition) is 2. The number of fused-ring (bicyclic) bond motifs is 1. The average molecular weight is 255 g/mol. The fourth-order valence-corrected chi connectivity index (χ4v) is 1.87. The van der Waals surface area contributed by atoms with Gasteiger partial charge in [0.25, 0.3) is 0 Å². The highest BCUT2D eigenvalue weighted by molar-refractivity contribution is 5.80. The Balaban J connectivity index is 1.95. The standard InChI is InChI=1S/C13H13N5O/c1-8(9-5-3-2-4-6-9)19-12-10-7-15-18-11(10)16-13(14)17-12/h2-8H,1H3,(H3,14,15,16,17,18). The summed E-state index contributed by atoms with van der Waals surface area (Å²) in [5.41, 5.74) is 7.29. The molecular formula is C13H13N5O. The summed E-state index contributed by atoms with van der Waals surface area (Å²) < 4.78 is 5.86. The van der Waals surface area contributed by atoms with E-state index in [0.29, 0.717) is 11.5 Å². The zero-order valence-electron chi connectivity index (χ0n) is 10.4. The third-order valence-corrected chi connectivity index (χ3v) is 2.85. The predicted octanol–water partition coefficient (Wildman–Crippen LogP) is 2.08. The second kappa shape index (κ2) is 4.56. The van der Waals surface area contributed by atoms with E-state index in [9.17, 15) is 0 Å². The maximum absolute atomic E-state index is 5.86. The second-order valence-electron chi connectivity index (χ2n) is 4.19. The van der Waals surface area contributed by atoms with E-state index in [1.165, 1.54) is 0 Å². The fourth-order valence-electron chi connectivity index (χ4n) is 1.87. The maximum atomic E-state index is 5.86. The van der Waals surface area contributed by atoms with E-state index < -0.39 is 0 Å². The molecule has 0 bridgehead atoms. The van der Waals surface area contributed by atoms with E-state index in [1.807, 2.05) is 37.3 Å². The van der Waals surface area contributed by atoms with Crippen LogP contribution in [0.2, 0.25) is 0 Å². The molecule has 0 saturated carbocycles. The van der Waals surface area contributed by atoms with Crippen molar-refractivity contribution in [2.24, 2.45) is 0 Å². The number of ether oxygens (including phenoxy) is 1. The van der Waals surface area contributed by atoms with Crippen molar-refractivity contribution >= 4 is 17.0 Å². The number of benzene rings is 1. The Morgan fingerprint density at radius 1 is 1.21 bits per heavy atom. The van der Waals surface area contributed by atoms with Gasteiger partial charge in [-0.05, 0) is 12.5 Å². The molecule has 0 aliphatic carbocycles. The summed E-state index contributed by atoms with van der Waals surface area (Å²) in [7, 11) is 0. The van der Waals surface area contributed by atoms with E-state index in [0.717, 1.165) is 10.9 Å². The minimum absolute atomic E-state index is 0.131. The predicted molar refractivity (Wildman–Crippen MR) is 71.6 cm³/mol. The van der Waals surface area contributed by atoms with Gasteiger partial charge in [-0.15, -0.1) is 0 Å². The van der Waals surface area contributed by atoms with Crippen molar-refractivity contribution < 1.29 is 4.74 Å². The van der Waals surface area contributed by atoms with Crippen LogP contribution in [0, 0.1) is 0 Å². The molecule has 2 aromatic heterocycles. The summed E-state index contributed by atoms with van der Waals surface area (Å²) in [4.78, 5) is 8.17. The van der Waals surface area contributed by atoms with Crippen molar-refractivity contribution in [2.75, 3.05) is 5.73 Å². The summed E-state index contributed by atoms with van der Waals surface area (Å²) in [5.74, 6) is 0.597. The Kier molecular flexibility index (Phi) is 2.75. The minimum atomic E-state index is -0.131. The lowest BCUT2D eigenvalue weighted by Crippen LogP contribution is -2.06. The van der Waals surface area contributed by atoms with Crippen LogP contribution in [0.1, 0.15) is 18.6 Å². The van der Waals surface area contributed by atoms with Crippen LogP contribution in [-0.4, -0.2) is 20.2 Å². The van der Waals surface area contributed by atoms with Gasteiger partial charge in [0, 0.05) is 0 Å². The van der Waals surface area contributed by atoms with Gasteiger partial charge < -0.3 is 10.5 Å². The first-order valence-electron chi connectivity index (χ1n) is 5.92. The highest BCUT2D eigenvalue weighted by atomic mass is 16.5. The van der Waals surface area contributed by atoms with Crippen molar-refractivity contribution in [3.8, 4) is 5.88 Å². The van der Waals surface area contributed by atoms with Gasteiger partial charge in [0.1, 0.15) is 11.5 Å². The van der Waals surface area contributed by atoms with Gasteiger partial charge >= 0.3 is 0 Å². The molecule has 3 rings (SSSR count). The Morgan fingerprint density at radius 2 is 2.00 bits per heavy atom. The smallest absolute Gasteiger partial charge is 0.230 e. The summed E-state index contributed by atoms with van der Waals surface area (Å²) in [6, 6.07) is 9.91. The lowest BCUT2D eigenvalue weighted by atomic mass is 10.1. The molecule has 1 aromatic carbocycles. The fraction of sp³-hybridized carbons (Fsp3) is 0.154. The molecule has 1 atom stereocenters. The average Bonchev–Trinajstić information content (AvgIpc) is 2.88. The molecule has 0 spiro atoms. The zero-order valence-corrected chi connectivity index (χ0v) is 10.4. The molecule has 0 fully saturated rings. The monoisotopic (exact) mass is 255 g/mol. The van der Waals surface area contributed by atoms with Crippen LogP contribution in [0.3, 0.4) is 0 Å². The lowest BCUT2D eigenvalue weighted by molar-refractivity contribution is 0.221. The van der Waals surface area contributed by atoms with Crippen LogP contribution < -0.4 is 10.5 Å². The number of aromatic amines is 1. The van der Waals surface area contributed by atoms with Gasteiger partial charge in [-0.3, -0.25) is 5.10 Å². The Bertz CT molecular complexity index is 695. The van der Waals surface area contributed by atoms with E-state index in [-0.39, 0.29) is 12.1 Å². The molecule has 1 unspecified atom stereocenters. The summed E-state index contributed by atoms with van der Waals surface area (Å²) in [6.07, 6.45) is 1.50. The summed E-state index contributed by atoms with van der Waals surface area (Å²) >= 11 is 0. The number of nitrogens with two attached hydrogens (primary N) is 1. The van der Waals surface area contributed by atoms with Crippen LogP contribution in [-0.2, 0) is 0 Å². The van der Waals surface area contributed by atoms with E-state index in [4.69, 9.17) is 10.5 Å². The maximum Gasteiger partial charge on any atom is 0.230 e. The molecule has 96 valence electrons. The summed E-state index contributed by atoms with van der Waals surface area (Å²) in [6.45, 7) is 1.96. The molecular weight excluding hydrogens is 242 g/mol. The highest BCUT2D eigenvalue weighted by Gasteiger charge is 2.13. The van der Waals surface area contributed by atoms with Crippen LogP contribution >= 0.6 is 0 Å². The van der Waals surface area contributed by atoms with Crippen molar-refractivity contribution in [1.29, 1.82) is 0 Å². The van der Waals surface area contributed by atoms with Gasteiger partial charge in [0.15, 0.2) is 5.65 Å². The van der Waals surface area contributed by atoms with E-state index >= 15 is 0 Å². The number of anilines is 1. The summed E-state index contributed by atoms with van der Waals surface area (Å²) in [5, 5.41) is 7.39. The number of aromatic nitrogens is 4. The van der Waals surface area contributed by atoms with Gasteiger partial charge in [0.05, 0.1) is 6.20 Å². The highest BCUT2D eigenvalue weighted by Crippen LogP contribution is 2.26. The lowest BCUT2D eigenvalue weighted by Gasteiger charge is -2.14. The third kappa shape index (κ3) is 2.20. The minimum Gasteiger partial charge on any atom is -0.469 e. The van der Waals surface area contributed by atoms with Crippen LogP contribution in [0.25, 0.3) is 11.0 Å². The largest absolute Gasteiger partial charge is 0.469 e. The van der Waals surface area contributed by atoms with E-state index in [1.54, 1.807) is 6.20 Å². The van der Waals surface area contributed by atoms with Crippen LogP contribution in [0.4, 0.5) is 5.95 Å². The first-order valence-corrected chi connectivity index (χ1v) is 5.92. The number of nitrogens with one attached hydrogen (secondary N) is 1. The first-order chi connectivity index (χ1) is 9.24. The molecule has 0 radical (unpaired) electrons. The van der Waals surface area contributed by atoms with Crippen molar-refractivity contribution in [1.82, 2.24) is 20.2 Å². The Hall–Kier alpha value is -2.63. The third-order valence-electron chi connectivity index (χ3n) is 2.85. The first kappa shape index (κ1) is 11.5. The zero-order chi connectivity index (χ0) is 13.2. The molecule has 2 heterocycles. The van der Waals surface area contributed by atoms with E-state index in [2.05, 4.69) is 20.2 Å². The number of nitrogen functional groups attached to an aromatic ring is 1. The number of H-pyrrole nitrogens is 1. The molecule has 0 amide bonds. The topological polar surface area (TPSA) is 89.7 Å². The molecule has 3 N–H and O–H groups in total. The van der Waals surface area contributed by atoms with Crippen molar-refractivity contribution in [2.45, 2.75) is 13.0 Å². The molecule has 6 nitrogen and oxygen atoms in total. The second-order valence-corrected chi connectivity index (χ2v) is 4.19. The SMILES string of the molecule is CC(Oc1nc(N)nc2[nH]ncc12)c1ccccc1. The van der Waals surface area contributed by atoms with Crippen molar-refractivity contribution in [3.63, 3.8) is 0 Å². The van der Waals surface area contributed by atoms with Crippen LogP contribution in [0.15, 0.2) is 36.5 Å². The molecule has 19 heavy (non-hydrogen) atoms. The van der Waals surface area contributed by atoms with Crippen LogP contribution in [0.5, 0.6) is 5.88 Å². The Labute approximate surface area is 109 Å². The van der Waals surface area contributed by atoms with Gasteiger partial charge in [0.2, 0.25) is 11.8 Å². The molecule has 0 aliphatic rings. The van der Waals surface area contributed by atoms with Gasteiger partial charge in [-0.1, -0.05) is 30.3 Å². The molecule has 3 aromatic rings. The molecule has 0 aliphatic heterocycles. The Morgan fingerprint density at radius 3 is 2.79 bits per heavy atom. The molecule has 0 saturated heterocycles. The van der Waals surface area contributed by atoms with Crippen molar-refractivity contribution in [3.05, 3.63) is 42.1 Å². The number of nitrogens with zero attached hydrogens (tertiary/aromatic N) is 3. The van der Waals surface area contributed by atoms with Gasteiger partial charge in [-0.2, -0.15) is 15.1 Å². The normalized spacial score (nSPS) is 12.5. The number of rotatable bonds is 3.